The fourth-order valence-corrected chi connectivity index (χ4v) is 1.34. The Bertz CT molecular complexity index is 132. The molecule has 0 unspecified atom stereocenters. The Kier molecular flexibility index (Phi) is 4.24. The van der Waals surface area contributed by atoms with E-state index in [0.717, 1.165) is 19.7 Å². The summed E-state index contributed by atoms with van der Waals surface area (Å²) < 4.78 is 4.99. The lowest BCUT2D eigenvalue weighted by Gasteiger charge is -2.13. The average Bonchev–Trinajstić information content (AvgIpc) is 2.07. The minimum absolute atomic E-state index is 0.894. The van der Waals surface area contributed by atoms with Crippen molar-refractivity contribution in [1.82, 2.24) is 5.32 Å². The highest BCUT2D eigenvalue weighted by Crippen LogP contribution is 2.10. The van der Waals surface area contributed by atoms with Gasteiger partial charge in [-0.1, -0.05) is 11.6 Å². The third kappa shape index (κ3) is 3.54. The number of rotatable bonds is 4. The first-order valence-electron chi connectivity index (χ1n) is 4.31. The van der Waals surface area contributed by atoms with E-state index in [1.165, 1.54) is 19.3 Å². The van der Waals surface area contributed by atoms with Crippen molar-refractivity contribution in [3.63, 3.8) is 0 Å². The van der Waals surface area contributed by atoms with Crippen molar-refractivity contribution in [2.24, 2.45) is 0 Å². The summed E-state index contributed by atoms with van der Waals surface area (Å²) in [6.45, 7) is 3.10. The summed E-state index contributed by atoms with van der Waals surface area (Å²) in [5.74, 6) is 0. The maximum atomic E-state index is 4.99. The van der Waals surface area contributed by atoms with Gasteiger partial charge in [-0.15, -0.1) is 0 Å². The quantitative estimate of drug-likeness (QED) is 0.488. The fourth-order valence-electron chi connectivity index (χ4n) is 1.34. The Labute approximate surface area is 68.6 Å². The molecular weight excluding hydrogens is 138 g/mol. The molecule has 2 heteroatoms. The van der Waals surface area contributed by atoms with Crippen molar-refractivity contribution in [3.8, 4) is 0 Å². The van der Waals surface area contributed by atoms with Crippen LogP contribution < -0.4 is 5.32 Å². The molecule has 0 fully saturated rings. The average molecular weight is 155 g/mol. The molecule has 0 aromatic carbocycles. The van der Waals surface area contributed by atoms with Crippen LogP contribution in [0, 0.1) is 0 Å². The highest BCUT2D eigenvalue weighted by atomic mass is 16.5. The largest absolute Gasteiger partial charge is 0.385 e. The van der Waals surface area contributed by atoms with Crippen LogP contribution in [0.1, 0.15) is 19.3 Å². The normalized spacial score (nSPS) is 18.1. The van der Waals surface area contributed by atoms with E-state index in [2.05, 4.69) is 11.4 Å². The summed E-state index contributed by atoms with van der Waals surface area (Å²) in [5.41, 5.74) is 1.60. The van der Waals surface area contributed by atoms with Crippen molar-refractivity contribution in [1.29, 1.82) is 0 Å². The molecule has 0 saturated carbocycles. The van der Waals surface area contributed by atoms with Gasteiger partial charge in [-0.2, -0.15) is 0 Å². The first-order valence-corrected chi connectivity index (χ1v) is 4.31. The van der Waals surface area contributed by atoms with Crippen LogP contribution in [0.4, 0.5) is 0 Å². The highest BCUT2D eigenvalue weighted by molar-refractivity contribution is 5.06. The Morgan fingerprint density at radius 2 is 2.55 bits per heavy atom. The third-order valence-corrected chi connectivity index (χ3v) is 2.00. The van der Waals surface area contributed by atoms with Crippen LogP contribution >= 0.6 is 0 Å². The van der Waals surface area contributed by atoms with Crippen LogP contribution in [0.5, 0.6) is 0 Å². The predicted octanol–water partition coefficient (Wildman–Crippen LogP) is 1.33. The van der Waals surface area contributed by atoms with Gasteiger partial charge in [-0.05, 0) is 25.8 Å². The second-order valence-electron chi connectivity index (χ2n) is 2.91. The van der Waals surface area contributed by atoms with E-state index < -0.39 is 0 Å². The summed E-state index contributed by atoms with van der Waals surface area (Å²) in [5, 5.41) is 3.30. The van der Waals surface area contributed by atoms with Crippen molar-refractivity contribution in [2.75, 3.05) is 26.8 Å². The van der Waals surface area contributed by atoms with E-state index in [9.17, 15) is 0 Å². The molecule has 0 atom stereocenters. The Hall–Kier alpha value is -0.340. The summed E-state index contributed by atoms with van der Waals surface area (Å²) in [6, 6.07) is 0. The van der Waals surface area contributed by atoms with Gasteiger partial charge in [0.2, 0.25) is 0 Å². The van der Waals surface area contributed by atoms with Crippen LogP contribution in [0.2, 0.25) is 0 Å². The molecule has 2 nitrogen and oxygen atoms in total. The SMILES string of the molecule is COCCCC1=CCNCC1. The maximum absolute atomic E-state index is 4.99. The van der Waals surface area contributed by atoms with Crippen molar-refractivity contribution in [3.05, 3.63) is 11.6 Å². The van der Waals surface area contributed by atoms with Crippen LogP contribution in [0.3, 0.4) is 0 Å². The molecule has 1 N–H and O–H groups in total. The van der Waals surface area contributed by atoms with Crippen LogP contribution in [0.15, 0.2) is 11.6 Å². The fraction of sp³-hybridized carbons (Fsp3) is 0.778. The molecule has 0 spiro atoms. The second-order valence-corrected chi connectivity index (χ2v) is 2.91. The number of methoxy groups -OCH3 is 1. The van der Waals surface area contributed by atoms with Crippen molar-refractivity contribution >= 4 is 0 Å². The summed E-state index contributed by atoms with van der Waals surface area (Å²) >= 11 is 0. The minimum Gasteiger partial charge on any atom is -0.385 e. The second kappa shape index (κ2) is 5.33. The molecule has 1 rings (SSSR count). The van der Waals surface area contributed by atoms with Crippen LogP contribution in [-0.2, 0) is 4.74 Å². The van der Waals surface area contributed by atoms with E-state index in [1.54, 1.807) is 12.7 Å². The lowest BCUT2D eigenvalue weighted by atomic mass is 10.0. The van der Waals surface area contributed by atoms with Gasteiger partial charge in [0, 0.05) is 20.3 Å². The highest BCUT2D eigenvalue weighted by Gasteiger charge is 2.01. The minimum atomic E-state index is 0.894. The predicted molar refractivity (Wildman–Crippen MR) is 46.7 cm³/mol. The van der Waals surface area contributed by atoms with Gasteiger partial charge in [-0.25, -0.2) is 0 Å². The first kappa shape index (κ1) is 8.75. The molecular formula is C9H17NO. The topological polar surface area (TPSA) is 21.3 Å². The van der Waals surface area contributed by atoms with Gasteiger partial charge in [0.1, 0.15) is 0 Å². The smallest absolute Gasteiger partial charge is 0.0465 e. The van der Waals surface area contributed by atoms with Gasteiger partial charge in [0.15, 0.2) is 0 Å². The van der Waals surface area contributed by atoms with Gasteiger partial charge in [0.25, 0.3) is 0 Å². The molecule has 0 aromatic heterocycles. The maximum Gasteiger partial charge on any atom is 0.0465 e. The lowest BCUT2D eigenvalue weighted by Crippen LogP contribution is -2.20. The monoisotopic (exact) mass is 155 g/mol. The summed E-state index contributed by atoms with van der Waals surface area (Å²) in [4.78, 5) is 0. The third-order valence-electron chi connectivity index (χ3n) is 2.00. The van der Waals surface area contributed by atoms with Crippen LogP contribution in [0.25, 0.3) is 0 Å². The Balaban J connectivity index is 2.09. The molecule has 11 heavy (non-hydrogen) atoms. The lowest BCUT2D eigenvalue weighted by molar-refractivity contribution is 0.195. The molecule has 1 aliphatic rings. The summed E-state index contributed by atoms with van der Waals surface area (Å²) in [7, 11) is 1.76. The van der Waals surface area contributed by atoms with E-state index in [-0.39, 0.29) is 0 Å². The number of hydrogen-bond donors (Lipinski definition) is 1. The van der Waals surface area contributed by atoms with Gasteiger partial charge < -0.3 is 10.1 Å². The first-order chi connectivity index (χ1) is 5.43. The van der Waals surface area contributed by atoms with Gasteiger partial charge in [-0.3, -0.25) is 0 Å². The number of ether oxygens (including phenoxy) is 1. The standard InChI is InChI=1S/C9H17NO/c1-11-8-2-3-9-4-6-10-7-5-9/h4,10H,2-3,5-8H2,1H3. The molecule has 0 bridgehead atoms. The molecule has 0 amide bonds. The zero-order chi connectivity index (χ0) is 7.94. The van der Waals surface area contributed by atoms with Crippen LogP contribution in [-0.4, -0.2) is 26.8 Å². The molecule has 0 aromatic rings. The molecule has 0 radical (unpaired) electrons. The number of hydrogen-bond acceptors (Lipinski definition) is 2. The molecule has 1 heterocycles. The molecule has 64 valence electrons. The van der Waals surface area contributed by atoms with E-state index in [1.807, 2.05) is 0 Å². The zero-order valence-corrected chi connectivity index (χ0v) is 7.23. The van der Waals surface area contributed by atoms with Gasteiger partial charge >= 0.3 is 0 Å². The van der Waals surface area contributed by atoms with Gasteiger partial charge in [0.05, 0.1) is 0 Å². The van der Waals surface area contributed by atoms with Crippen molar-refractivity contribution in [2.45, 2.75) is 19.3 Å². The zero-order valence-electron chi connectivity index (χ0n) is 7.23. The van der Waals surface area contributed by atoms with E-state index in [0.29, 0.717) is 0 Å². The van der Waals surface area contributed by atoms with Crippen molar-refractivity contribution < 1.29 is 4.74 Å². The molecule has 1 aliphatic heterocycles. The van der Waals surface area contributed by atoms with E-state index in [4.69, 9.17) is 4.74 Å². The molecule has 0 aliphatic carbocycles. The Morgan fingerprint density at radius 1 is 1.64 bits per heavy atom. The van der Waals surface area contributed by atoms with E-state index >= 15 is 0 Å². The summed E-state index contributed by atoms with van der Waals surface area (Å²) in [6.07, 6.45) is 5.92. The Morgan fingerprint density at radius 3 is 3.18 bits per heavy atom. The number of nitrogens with one attached hydrogen (secondary N) is 1. The molecule has 0 saturated heterocycles.